The van der Waals surface area contributed by atoms with Crippen LogP contribution in [0.15, 0.2) is 0 Å². The van der Waals surface area contributed by atoms with E-state index in [0.717, 1.165) is 19.6 Å². The van der Waals surface area contributed by atoms with Gasteiger partial charge in [0.1, 0.15) is 0 Å². The smallest absolute Gasteiger partial charge is 0.0928 e. The van der Waals surface area contributed by atoms with Gasteiger partial charge >= 0.3 is 0 Å². The van der Waals surface area contributed by atoms with Gasteiger partial charge in [0.2, 0.25) is 0 Å². The molecular formula is C12H28N2O2. The summed E-state index contributed by atoms with van der Waals surface area (Å²) >= 11 is 0. The summed E-state index contributed by atoms with van der Waals surface area (Å²) in [6, 6.07) is 0.464. The molecule has 2 unspecified atom stereocenters. The van der Waals surface area contributed by atoms with E-state index >= 15 is 0 Å². The second-order valence-corrected chi connectivity index (χ2v) is 4.18. The van der Waals surface area contributed by atoms with Gasteiger partial charge in [-0.2, -0.15) is 0 Å². The zero-order chi connectivity index (χ0) is 12.2. The third kappa shape index (κ3) is 9.09. The molecule has 4 nitrogen and oxygen atoms in total. The van der Waals surface area contributed by atoms with Gasteiger partial charge in [-0.15, -0.1) is 0 Å². The van der Waals surface area contributed by atoms with E-state index in [1.54, 1.807) is 14.2 Å². The fourth-order valence-corrected chi connectivity index (χ4v) is 1.42. The summed E-state index contributed by atoms with van der Waals surface area (Å²) in [5.41, 5.74) is 0. The van der Waals surface area contributed by atoms with Crippen LogP contribution in [0, 0.1) is 0 Å². The minimum absolute atomic E-state index is 0.142. The molecule has 0 radical (unpaired) electrons. The van der Waals surface area contributed by atoms with E-state index in [0.29, 0.717) is 12.6 Å². The molecular weight excluding hydrogens is 204 g/mol. The Morgan fingerprint density at radius 2 is 1.94 bits per heavy atom. The largest absolute Gasteiger partial charge is 0.382 e. The van der Waals surface area contributed by atoms with Crippen molar-refractivity contribution in [3.05, 3.63) is 0 Å². The molecule has 0 bridgehead atoms. The fourth-order valence-electron chi connectivity index (χ4n) is 1.42. The molecule has 2 atom stereocenters. The second kappa shape index (κ2) is 11.3. The molecule has 0 aliphatic heterocycles. The summed E-state index contributed by atoms with van der Waals surface area (Å²) < 4.78 is 10.3. The van der Waals surface area contributed by atoms with Crippen molar-refractivity contribution in [2.75, 3.05) is 40.5 Å². The number of hydrogen-bond donors (Lipinski definition) is 2. The van der Waals surface area contributed by atoms with Crippen molar-refractivity contribution in [2.45, 2.75) is 38.8 Å². The number of rotatable bonds is 11. The van der Waals surface area contributed by atoms with E-state index in [9.17, 15) is 0 Å². The molecule has 0 aromatic heterocycles. The number of hydrogen-bond acceptors (Lipinski definition) is 4. The maximum Gasteiger partial charge on any atom is 0.0928 e. The Balaban J connectivity index is 3.43. The number of methoxy groups -OCH3 is 2. The van der Waals surface area contributed by atoms with Crippen LogP contribution in [-0.2, 0) is 9.47 Å². The Hall–Kier alpha value is -0.160. The molecule has 0 aromatic carbocycles. The van der Waals surface area contributed by atoms with Gasteiger partial charge < -0.3 is 20.1 Å². The summed E-state index contributed by atoms with van der Waals surface area (Å²) in [5, 5.41) is 6.85. The van der Waals surface area contributed by atoms with Gasteiger partial charge in [-0.05, 0) is 19.9 Å². The predicted molar refractivity (Wildman–Crippen MR) is 67.9 cm³/mol. The molecule has 4 heteroatoms. The normalized spacial score (nSPS) is 15.0. The Morgan fingerprint density at radius 3 is 2.50 bits per heavy atom. The van der Waals surface area contributed by atoms with Gasteiger partial charge in [-0.25, -0.2) is 0 Å². The summed E-state index contributed by atoms with van der Waals surface area (Å²) in [6.45, 7) is 7.97. The predicted octanol–water partition coefficient (Wildman–Crippen LogP) is 1.02. The highest BCUT2D eigenvalue weighted by atomic mass is 16.5. The van der Waals surface area contributed by atoms with Crippen LogP contribution < -0.4 is 10.6 Å². The van der Waals surface area contributed by atoms with Crippen molar-refractivity contribution >= 4 is 0 Å². The van der Waals surface area contributed by atoms with Gasteiger partial charge in [0, 0.05) is 33.4 Å². The third-order valence-corrected chi connectivity index (χ3v) is 2.54. The van der Waals surface area contributed by atoms with E-state index < -0.39 is 0 Å². The van der Waals surface area contributed by atoms with Crippen LogP contribution in [-0.4, -0.2) is 52.6 Å². The minimum Gasteiger partial charge on any atom is -0.382 e. The molecule has 0 rings (SSSR count). The summed E-state index contributed by atoms with van der Waals surface area (Å²) in [7, 11) is 3.41. The zero-order valence-electron chi connectivity index (χ0n) is 11.2. The second-order valence-electron chi connectivity index (χ2n) is 4.18. The number of ether oxygens (including phenoxy) is 2. The topological polar surface area (TPSA) is 42.5 Å². The van der Waals surface area contributed by atoms with Crippen LogP contribution in [0.2, 0.25) is 0 Å². The van der Waals surface area contributed by atoms with E-state index in [1.807, 2.05) is 0 Å². The quantitative estimate of drug-likeness (QED) is 0.522. The summed E-state index contributed by atoms with van der Waals surface area (Å²) in [5.74, 6) is 0. The molecule has 0 aliphatic rings. The van der Waals surface area contributed by atoms with Gasteiger partial charge in [0.05, 0.1) is 12.7 Å². The highest BCUT2D eigenvalue weighted by Crippen LogP contribution is 1.90. The molecule has 0 aromatic rings. The van der Waals surface area contributed by atoms with Crippen molar-refractivity contribution in [1.82, 2.24) is 10.6 Å². The van der Waals surface area contributed by atoms with Crippen LogP contribution in [0.5, 0.6) is 0 Å². The zero-order valence-corrected chi connectivity index (χ0v) is 11.2. The minimum atomic E-state index is 0.142. The Bertz CT molecular complexity index is 145. The summed E-state index contributed by atoms with van der Waals surface area (Å²) in [6.07, 6.45) is 2.63. The first-order valence-corrected chi connectivity index (χ1v) is 6.20. The molecule has 2 N–H and O–H groups in total. The van der Waals surface area contributed by atoms with Crippen LogP contribution in [0.3, 0.4) is 0 Å². The lowest BCUT2D eigenvalue weighted by Crippen LogP contribution is -2.42. The van der Waals surface area contributed by atoms with Crippen molar-refractivity contribution in [1.29, 1.82) is 0 Å². The van der Waals surface area contributed by atoms with Gasteiger partial charge in [-0.1, -0.05) is 13.3 Å². The van der Waals surface area contributed by atoms with E-state index in [1.165, 1.54) is 12.8 Å². The molecule has 98 valence electrons. The first-order valence-electron chi connectivity index (χ1n) is 6.20. The van der Waals surface area contributed by atoms with Crippen LogP contribution >= 0.6 is 0 Å². The van der Waals surface area contributed by atoms with E-state index in [2.05, 4.69) is 24.5 Å². The summed E-state index contributed by atoms with van der Waals surface area (Å²) in [4.78, 5) is 0. The van der Waals surface area contributed by atoms with Crippen LogP contribution in [0.1, 0.15) is 26.7 Å². The highest BCUT2D eigenvalue weighted by Gasteiger charge is 2.08. The van der Waals surface area contributed by atoms with Crippen molar-refractivity contribution in [3.63, 3.8) is 0 Å². The average molecular weight is 232 g/mol. The standard InChI is InChI=1S/C12H28N2O2/c1-5-6-7-13-8-11(2)14-9-12(16-4)10-15-3/h11-14H,5-10H2,1-4H3. The lowest BCUT2D eigenvalue weighted by Gasteiger charge is -2.19. The van der Waals surface area contributed by atoms with Crippen molar-refractivity contribution in [2.24, 2.45) is 0 Å². The van der Waals surface area contributed by atoms with E-state index in [4.69, 9.17) is 9.47 Å². The van der Waals surface area contributed by atoms with Gasteiger partial charge in [0.25, 0.3) is 0 Å². The molecule has 0 heterocycles. The number of nitrogens with one attached hydrogen (secondary N) is 2. The molecule has 0 amide bonds. The fraction of sp³-hybridized carbons (Fsp3) is 1.00. The Kier molecular flexibility index (Phi) is 11.2. The molecule has 16 heavy (non-hydrogen) atoms. The lowest BCUT2D eigenvalue weighted by atomic mass is 10.3. The highest BCUT2D eigenvalue weighted by molar-refractivity contribution is 4.68. The first-order chi connectivity index (χ1) is 7.74. The Morgan fingerprint density at radius 1 is 1.19 bits per heavy atom. The lowest BCUT2D eigenvalue weighted by molar-refractivity contribution is 0.0277. The molecule has 0 saturated heterocycles. The van der Waals surface area contributed by atoms with Crippen molar-refractivity contribution < 1.29 is 9.47 Å². The maximum absolute atomic E-state index is 5.28. The monoisotopic (exact) mass is 232 g/mol. The Labute approximate surface area is 100 Å². The molecule has 0 fully saturated rings. The third-order valence-electron chi connectivity index (χ3n) is 2.54. The van der Waals surface area contributed by atoms with Crippen molar-refractivity contribution in [3.8, 4) is 0 Å². The molecule has 0 aliphatic carbocycles. The average Bonchev–Trinajstić information content (AvgIpc) is 2.30. The molecule has 0 spiro atoms. The maximum atomic E-state index is 5.28. The van der Waals surface area contributed by atoms with Crippen LogP contribution in [0.4, 0.5) is 0 Å². The van der Waals surface area contributed by atoms with Gasteiger partial charge in [0.15, 0.2) is 0 Å². The number of unbranched alkanes of at least 4 members (excludes halogenated alkanes) is 1. The first kappa shape index (κ1) is 15.8. The van der Waals surface area contributed by atoms with Crippen LogP contribution in [0.25, 0.3) is 0 Å². The molecule has 0 saturated carbocycles. The SMILES string of the molecule is CCCCNCC(C)NCC(COC)OC. The van der Waals surface area contributed by atoms with Gasteiger partial charge in [-0.3, -0.25) is 0 Å². The van der Waals surface area contributed by atoms with E-state index in [-0.39, 0.29) is 6.10 Å².